The number of aromatic nitrogens is 2. The summed E-state index contributed by atoms with van der Waals surface area (Å²) in [5.74, 6) is -0.540. The van der Waals surface area contributed by atoms with Crippen molar-refractivity contribution >= 4 is 34.0 Å². The van der Waals surface area contributed by atoms with Gasteiger partial charge in [0.15, 0.2) is 5.13 Å². The number of benzene rings is 1. The van der Waals surface area contributed by atoms with E-state index in [0.29, 0.717) is 27.0 Å². The third-order valence-electron chi connectivity index (χ3n) is 3.20. The van der Waals surface area contributed by atoms with Crippen molar-refractivity contribution in [1.82, 2.24) is 9.97 Å². The number of anilines is 2. The zero-order valence-corrected chi connectivity index (χ0v) is 13.6. The number of hydrogen-bond acceptors (Lipinski definition) is 5. The zero-order chi connectivity index (χ0) is 16.9. The summed E-state index contributed by atoms with van der Waals surface area (Å²) in [5, 5.41) is 5.89. The van der Waals surface area contributed by atoms with Crippen LogP contribution in [0.1, 0.15) is 25.7 Å². The van der Waals surface area contributed by atoms with Gasteiger partial charge in [-0.2, -0.15) is 0 Å². The van der Waals surface area contributed by atoms with Crippen molar-refractivity contribution in [2.75, 3.05) is 10.6 Å². The van der Waals surface area contributed by atoms with Crippen LogP contribution in [0.3, 0.4) is 0 Å². The molecular formula is C17H14N4O2S. The number of nitrogens with zero attached hydrogens (tertiary/aromatic N) is 2. The number of thiazole rings is 1. The van der Waals surface area contributed by atoms with Crippen LogP contribution in [-0.4, -0.2) is 21.8 Å². The molecule has 2 heterocycles. The van der Waals surface area contributed by atoms with Gasteiger partial charge >= 0.3 is 0 Å². The zero-order valence-electron chi connectivity index (χ0n) is 12.8. The quantitative estimate of drug-likeness (QED) is 0.764. The molecule has 6 nitrogen and oxygen atoms in total. The summed E-state index contributed by atoms with van der Waals surface area (Å²) < 4.78 is 0. The van der Waals surface area contributed by atoms with E-state index in [-0.39, 0.29) is 11.8 Å². The fourth-order valence-corrected chi connectivity index (χ4v) is 2.90. The average Bonchev–Trinajstić information content (AvgIpc) is 2.97. The molecule has 0 aliphatic heterocycles. The minimum atomic E-state index is -0.291. The predicted molar refractivity (Wildman–Crippen MR) is 93.4 cm³/mol. The van der Waals surface area contributed by atoms with Crippen LogP contribution >= 0.6 is 11.3 Å². The molecule has 3 aromatic rings. The molecule has 0 fully saturated rings. The molecule has 1 aromatic carbocycles. The Morgan fingerprint density at radius 3 is 2.38 bits per heavy atom. The average molecular weight is 338 g/mol. The highest BCUT2D eigenvalue weighted by atomic mass is 32.1. The second-order valence-electron chi connectivity index (χ2n) is 4.94. The van der Waals surface area contributed by atoms with E-state index < -0.39 is 0 Å². The van der Waals surface area contributed by atoms with E-state index in [1.807, 2.05) is 18.2 Å². The monoisotopic (exact) mass is 338 g/mol. The molecule has 7 heteroatoms. The SMILES string of the molecule is Cc1nc(NC(=O)c2ccncc2)sc1C(=O)Nc1ccccc1. The maximum Gasteiger partial charge on any atom is 0.267 e. The number of para-hydroxylation sites is 1. The van der Waals surface area contributed by atoms with Crippen molar-refractivity contribution < 1.29 is 9.59 Å². The second-order valence-corrected chi connectivity index (χ2v) is 5.94. The molecule has 2 amide bonds. The Morgan fingerprint density at radius 1 is 0.958 bits per heavy atom. The number of carbonyl (C=O) groups excluding carboxylic acids is 2. The number of carbonyl (C=O) groups is 2. The number of pyridine rings is 1. The van der Waals surface area contributed by atoms with Crippen LogP contribution in [0.15, 0.2) is 54.9 Å². The molecule has 120 valence electrons. The highest BCUT2D eigenvalue weighted by Crippen LogP contribution is 2.24. The summed E-state index contributed by atoms with van der Waals surface area (Å²) >= 11 is 1.14. The molecule has 0 spiro atoms. The first-order chi connectivity index (χ1) is 11.6. The van der Waals surface area contributed by atoms with E-state index in [9.17, 15) is 9.59 Å². The first kappa shape index (κ1) is 15.8. The normalized spacial score (nSPS) is 10.2. The largest absolute Gasteiger partial charge is 0.321 e. The summed E-state index contributed by atoms with van der Waals surface area (Å²) in [6.07, 6.45) is 3.08. The lowest BCUT2D eigenvalue weighted by Gasteiger charge is -2.03. The molecule has 0 atom stereocenters. The molecule has 3 rings (SSSR count). The van der Waals surface area contributed by atoms with Gasteiger partial charge in [0.2, 0.25) is 0 Å². The van der Waals surface area contributed by atoms with Crippen LogP contribution < -0.4 is 10.6 Å². The number of nitrogens with one attached hydrogen (secondary N) is 2. The van der Waals surface area contributed by atoms with E-state index in [2.05, 4.69) is 20.6 Å². The van der Waals surface area contributed by atoms with Gasteiger partial charge in [-0.15, -0.1) is 0 Å². The number of aryl methyl sites for hydroxylation is 1. The molecular weight excluding hydrogens is 324 g/mol. The lowest BCUT2D eigenvalue weighted by Crippen LogP contribution is -2.11. The van der Waals surface area contributed by atoms with Crippen molar-refractivity contribution in [3.63, 3.8) is 0 Å². The summed E-state index contributed by atoms with van der Waals surface area (Å²) in [5.41, 5.74) is 1.75. The van der Waals surface area contributed by atoms with E-state index in [4.69, 9.17) is 0 Å². The predicted octanol–water partition coefficient (Wildman–Crippen LogP) is 3.35. The van der Waals surface area contributed by atoms with Crippen LogP contribution in [0.25, 0.3) is 0 Å². The third kappa shape index (κ3) is 3.64. The standard InChI is InChI=1S/C17H14N4O2S/c1-11-14(16(23)20-13-5-3-2-4-6-13)24-17(19-11)21-15(22)12-7-9-18-10-8-12/h2-10H,1H3,(H,20,23)(H,19,21,22). The molecule has 0 aliphatic rings. The molecule has 0 unspecified atom stereocenters. The second kappa shape index (κ2) is 7.01. The maximum absolute atomic E-state index is 12.3. The van der Waals surface area contributed by atoms with E-state index in [1.54, 1.807) is 43.6 Å². The summed E-state index contributed by atoms with van der Waals surface area (Å²) in [4.78, 5) is 33.0. The molecule has 0 saturated carbocycles. The minimum Gasteiger partial charge on any atom is -0.321 e. The fraction of sp³-hybridized carbons (Fsp3) is 0.0588. The number of hydrogen-bond donors (Lipinski definition) is 2. The Hall–Kier alpha value is -3.06. The van der Waals surface area contributed by atoms with Crippen molar-refractivity contribution in [2.24, 2.45) is 0 Å². The van der Waals surface area contributed by atoms with Crippen LogP contribution in [0, 0.1) is 6.92 Å². The summed E-state index contributed by atoms with van der Waals surface area (Å²) in [6.45, 7) is 1.73. The Bertz CT molecular complexity index is 863. The lowest BCUT2D eigenvalue weighted by atomic mass is 10.2. The van der Waals surface area contributed by atoms with Crippen molar-refractivity contribution in [2.45, 2.75) is 6.92 Å². The maximum atomic E-state index is 12.3. The van der Waals surface area contributed by atoms with Gasteiger partial charge in [0.05, 0.1) is 5.69 Å². The van der Waals surface area contributed by atoms with Crippen molar-refractivity contribution in [3.05, 3.63) is 71.0 Å². The minimum absolute atomic E-state index is 0.249. The van der Waals surface area contributed by atoms with Gasteiger partial charge in [0.1, 0.15) is 4.88 Å². The van der Waals surface area contributed by atoms with Gasteiger partial charge in [-0.25, -0.2) is 4.98 Å². The molecule has 0 aliphatic carbocycles. The highest BCUT2D eigenvalue weighted by molar-refractivity contribution is 7.17. The molecule has 0 bridgehead atoms. The van der Waals surface area contributed by atoms with Gasteiger partial charge < -0.3 is 5.32 Å². The van der Waals surface area contributed by atoms with Gasteiger partial charge in [0.25, 0.3) is 11.8 Å². The Kier molecular flexibility index (Phi) is 4.62. The molecule has 2 N–H and O–H groups in total. The smallest absolute Gasteiger partial charge is 0.267 e. The number of amides is 2. The van der Waals surface area contributed by atoms with Gasteiger partial charge in [0, 0.05) is 23.6 Å². The summed E-state index contributed by atoms with van der Waals surface area (Å²) in [7, 11) is 0. The van der Waals surface area contributed by atoms with Crippen LogP contribution in [0.4, 0.5) is 10.8 Å². The van der Waals surface area contributed by atoms with E-state index in [1.165, 1.54) is 0 Å². The topological polar surface area (TPSA) is 84.0 Å². The van der Waals surface area contributed by atoms with Gasteiger partial charge in [-0.05, 0) is 31.2 Å². The molecule has 24 heavy (non-hydrogen) atoms. The van der Waals surface area contributed by atoms with Crippen LogP contribution in [0.2, 0.25) is 0 Å². The fourth-order valence-electron chi connectivity index (χ4n) is 2.04. The van der Waals surface area contributed by atoms with Crippen molar-refractivity contribution in [3.8, 4) is 0 Å². The Balaban J connectivity index is 1.73. The first-order valence-corrected chi connectivity index (χ1v) is 8.00. The van der Waals surface area contributed by atoms with E-state index in [0.717, 1.165) is 11.3 Å². The summed E-state index contributed by atoms with van der Waals surface area (Å²) in [6, 6.07) is 12.4. The Morgan fingerprint density at radius 2 is 1.67 bits per heavy atom. The van der Waals surface area contributed by atoms with Gasteiger partial charge in [-0.1, -0.05) is 29.5 Å². The first-order valence-electron chi connectivity index (χ1n) is 7.18. The van der Waals surface area contributed by atoms with Crippen LogP contribution in [0.5, 0.6) is 0 Å². The van der Waals surface area contributed by atoms with Gasteiger partial charge in [-0.3, -0.25) is 19.9 Å². The third-order valence-corrected chi connectivity index (χ3v) is 4.27. The van der Waals surface area contributed by atoms with Crippen molar-refractivity contribution in [1.29, 1.82) is 0 Å². The molecule has 0 radical (unpaired) electrons. The molecule has 0 saturated heterocycles. The number of rotatable bonds is 4. The van der Waals surface area contributed by atoms with E-state index >= 15 is 0 Å². The van der Waals surface area contributed by atoms with Crippen LogP contribution in [-0.2, 0) is 0 Å². The highest BCUT2D eigenvalue weighted by Gasteiger charge is 2.17. The lowest BCUT2D eigenvalue weighted by molar-refractivity contribution is 0.102. The Labute approximate surface area is 142 Å². The molecule has 2 aromatic heterocycles.